The Morgan fingerprint density at radius 2 is 2.00 bits per heavy atom. The van der Waals surface area contributed by atoms with Crippen molar-refractivity contribution in [3.63, 3.8) is 0 Å². The predicted octanol–water partition coefficient (Wildman–Crippen LogP) is 1.45. The molecule has 1 atom stereocenters. The van der Waals surface area contributed by atoms with E-state index in [2.05, 4.69) is 33.0 Å². The van der Waals surface area contributed by atoms with E-state index in [9.17, 15) is 9.59 Å². The zero-order valence-corrected chi connectivity index (χ0v) is 15.3. The molecule has 1 unspecified atom stereocenters. The van der Waals surface area contributed by atoms with Gasteiger partial charge in [0.25, 0.3) is 5.91 Å². The Hall–Kier alpha value is -2.77. The summed E-state index contributed by atoms with van der Waals surface area (Å²) in [5.41, 5.74) is 1.14. The highest BCUT2D eigenvalue weighted by molar-refractivity contribution is 5.94. The van der Waals surface area contributed by atoms with Gasteiger partial charge in [0.15, 0.2) is 5.65 Å². The summed E-state index contributed by atoms with van der Waals surface area (Å²) >= 11 is 0. The molecule has 1 saturated heterocycles. The number of likely N-dealkylation sites (tertiary alicyclic amines) is 1. The molecule has 0 spiro atoms. The Labute approximate surface area is 157 Å². The van der Waals surface area contributed by atoms with Gasteiger partial charge in [0, 0.05) is 31.7 Å². The second-order valence-corrected chi connectivity index (χ2v) is 7.36. The van der Waals surface area contributed by atoms with Crippen molar-refractivity contribution in [1.82, 2.24) is 30.3 Å². The van der Waals surface area contributed by atoms with E-state index >= 15 is 0 Å². The zero-order valence-electron chi connectivity index (χ0n) is 15.3. The second kappa shape index (κ2) is 7.85. The molecule has 1 fully saturated rings. The molecule has 2 aromatic heterocycles. The number of rotatable bonds is 4. The SMILES string of the molecule is O=C(NCC1CCN(C(=O)C2CC=CCC2)CC1)c1ccc2nnnn2c1. The van der Waals surface area contributed by atoms with Gasteiger partial charge in [-0.3, -0.25) is 9.59 Å². The molecule has 27 heavy (non-hydrogen) atoms. The molecule has 2 amide bonds. The van der Waals surface area contributed by atoms with Crippen LogP contribution < -0.4 is 5.32 Å². The first kappa shape index (κ1) is 17.6. The van der Waals surface area contributed by atoms with Crippen LogP contribution in [0.4, 0.5) is 0 Å². The third-order valence-corrected chi connectivity index (χ3v) is 5.55. The van der Waals surface area contributed by atoms with Gasteiger partial charge >= 0.3 is 0 Å². The van der Waals surface area contributed by atoms with E-state index in [1.165, 1.54) is 4.52 Å². The maximum atomic E-state index is 12.6. The van der Waals surface area contributed by atoms with E-state index in [-0.39, 0.29) is 11.8 Å². The smallest absolute Gasteiger partial charge is 0.252 e. The predicted molar refractivity (Wildman–Crippen MR) is 98.9 cm³/mol. The van der Waals surface area contributed by atoms with Gasteiger partial charge in [0.2, 0.25) is 5.91 Å². The number of hydrogen-bond acceptors (Lipinski definition) is 5. The molecular weight excluding hydrogens is 344 g/mol. The normalized spacial score (nSPS) is 20.7. The number of carbonyl (C=O) groups excluding carboxylic acids is 2. The van der Waals surface area contributed by atoms with Crippen LogP contribution in [0.2, 0.25) is 0 Å². The van der Waals surface area contributed by atoms with Crippen molar-refractivity contribution in [3.8, 4) is 0 Å². The molecule has 0 radical (unpaired) electrons. The Balaban J connectivity index is 1.24. The number of pyridine rings is 1. The summed E-state index contributed by atoms with van der Waals surface area (Å²) in [5.74, 6) is 0.741. The van der Waals surface area contributed by atoms with Crippen molar-refractivity contribution in [1.29, 1.82) is 0 Å². The maximum absolute atomic E-state index is 12.6. The molecule has 0 aromatic carbocycles. The van der Waals surface area contributed by atoms with E-state index in [0.717, 1.165) is 45.2 Å². The number of carbonyl (C=O) groups is 2. The summed E-state index contributed by atoms with van der Waals surface area (Å²) < 4.78 is 1.49. The lowest BCUT2D eigenvalue weighted by Crippen LogP contribution is -2.44. The average Bonchev–Trinajstić information content (AvgIpc) is 3.20. The molecule has 1 aliphatic heterocycles. The van der Waals surface area contributed by atoms with Gasteiger partial charge in [0.05, 0.1) is 5.56 Å². The van der Waals surface area contributed by atoms with Crippen molar-refractivity contribution >= 4 is 17.5 Å². The summed E-state index contributed by atoms with van der Waals surface area (Å²) in [6, 6.07) is 3.44. The first-order chi connectivity index (χ1) is 13.2. The van der Waals surface area contributed by atoms with Gasteiger partial charge < -0.3 is 10.2 Å². The van der Waals surface area contributed by atoms with Crippen LogP contribution in [0.1, 0.15) is 42.5 Å². The van der Waals surface area contributed by atoms with Crippen molar-refractivity contribution in [2.45, 2.75) is 32.1 Å². The molecular formula is C19H24N6O2. The highest BCUT2D eigenvalue weighted by Gasteiger charge is 2.28. The molecule has 2 aliphatic rings. The summed E-state index contributed by atoms with van der Waals surface area (Å²) in [5, 5.41) is 14.2. The van der Waals surface area contributed by atoms with Gasteiger partial charge in [-0.2, -0.15) is 4.52 Å². The lowest BCUT2D eigenvalue weighted by atomic mass is 9.91. The summed E-state index contributed by atoms with van der Waals surface area (Å²) in [6.07, 6.45) is 10.6. The Morgan fingerprint density at radius 3 is 2.78 bits per heavy atom. The molecule has 4 rings (SSSR count). The van der Waals surface area contributed by atoms with E-state index in [0.29, 0.717) is 29.6 Å². The van der Waals surface area contributed by atoms with Gasteiger partial charge in [-0.15, -0.1) is 5.10 Å². The summed E-state index contributed by atoms with van der Waals surface area (Å²) in [6.45, 7) is 2.20. The lowest BCUT2D eigenvalue weighted by Gasteiger charge is -2.34. The number of piperidine rings is 1. The highest BCUT2D eigenvalue weighted by Crippen LogP contribution is 2.24. The number of hydrogen-bond donors (Lipinski definition) is 1. The van der Waals surface area contributed by atoms with Crippen LogP contribution in [0.5, 0.6) is 0 Å². The standard InChI is InChI=1S/C19H24N6O2/c26-18(16-6-7-17-21-22-23-25(17)13-16)20-12-14-8-10-24(11-9-14)19(27)15-4-2-1-3-5-15/h1-2,6-7,13-15H,3-5,8-12H2,(H,20,26). The van der Waals surface area contributed by atoms with Gasteiger partial charge in [-0.1, -0.05) is 12.2 Å². The van der Waals surface area contributed by atoms with Crippen LogP contribution >= 0.6 is 0 Å². The monoisotopic (exact) mass is 368 g/mol. The van der Waals surface area contributed by atoms with E-state index < -0.39 is 0 Å². The third kappa shape index (κ3) is 3.99. The van der Waals surface area contributed by atoms with Crippen molar-refractivity contribution in [2.75, 3.05) is 19.6 Å². The summed E-state index contributed by atoms with van der Waals surface area (Å²) in [7, 11) is 0. The fraction of sp³-hybridized carbons (Fsp3) is 0.526. The Morgan fingerprint density at radius 1 is 1.15 bits per heavy atom. The topological polar surface area (TPSA) is 92.5 Å². The number of nitrogens with zero attached hydrogens (tertiary/aromatic N) is 5. The quantitative estimate of drug-likeness (QED) is 0.825. The highest BCUT2D eigenvalue weighted by atomic mass is 16.2. The molecule has 0 bridgehead atoms. The van der Waals surface area contributed by atoms with Crippen molar-refractivity contribution in [2.24, 2.45) is 11.8 Å². The number of aromatic nitrogens is 4. The van der Waals surface area contributed by atoms with E-state index in [1.807, 2.05) is 4.90 Å². The van der Waals surface area contributed by atoms with Crippen molar-refractivity contribution < 1.29 is 9.59 Å². The number of amides is 2. The molecule has 8 nitrogen and oxygen atoms in total. The molecule has 8 heteroatoms. The van der Waals surface area contributed by atoms with Crippen LogP contribution in [0, 0.1) is 11.8 Å². The largest absolute Gasteiger partial charge is 0.352 e. The minimum absolute atomic E-state index is 0.125. The maximum Gasteiger partial charge on any atom is 0.252 e. The van der Waals surface area contributed by atoms with Crippen molar-refractivity contribution in [3.05, 3.63) is 36.0 Å². The zero-order chi connectivity index (χ0) is 18.6. The van der Waals surface area contributed by atoms with Crippen LogP contribution in [-0.4, -0.2) is 56.4 Å². The minimum Gasteiger partial charge on any atom is -0.352 e. The number of tetrazole rings is 1. The van der Waals surface area contributed by atoms with Gasteiger partial charge in [0.1, 0.15) is 0 Å². The summed E-state index contributed by atoms with van der Waals surface area (Å²) in [4.78, 5) is 27.0. The van der Waals surface area contributed by atoms with Crippen LogP contribution in [0.15, 0.2) is 30.5 Å². The molecule has 1 N–H and O–H groups in total. The third-order valence-electron chi connectivity index (χ3n) is 5.55. The molecule has 2 aromatic rings. The van der Waals surface area contributed by atoms with E-state index in [1.54, 1.807) is 18.3 Å². The fourth-order valence-electron chi connectivity index (χ4n) is 3.85. The first-order valence-corrected chi connectivity index (χ1v) is 9.60. The number of fused-ring (bicyclic) bond motifs is 1. The van der Waals surface area contributed by atoms with Crippen LogP contribution in [-0.2, 0) is 4.79 Å². The average molecular weight is 368 g/mol. The molecule has 142 valence electrons. The lowest BCUT2D eigenvalue weighted by molar-refractivity contribution is -0.137. The first-order valence-electron chi connectivity index (χ1n) is 9.60. The number of allylic oxidation sites excluding steroid dienone is 2. The Bertz CT molecular complexity index is 853. The second-order valence-electron chi connectivity index (χ2n) is 7.36. The van der Waals surface area contributed by atoms with Gasteiger partial charge in [-0.25, -0.2) is 0 Å². The number of nitrogens with one attached hydrogen (secondary N) is 1. The van der Waals surface area contributed by atoms with Gasteiger partial charge in [-0.05, 0) is 60.6 Å². The fourth-order valence-corrected chi connectivity index (χ4v) is 3.85. The Kier molecular flexibility index (Phi) is 5.13. The van der Waals surface area contributed by atoms with Crippen LogP contribution in [0.3, 0.4) is 0 Å². The van der Waals surface area contributed by atoms with E-state index in [4.69, 9.17) is 0 Å². The van der Waals surface area contributed by atoms with Crippen LogP contribution in [0.25, 0.3) is 5.65 Å². The molecule has 0 saturated carbocycles. The molecule has 3 heterocycles. The molecule has 1 aliphatic carbocycles. The minimum atomic E-state index is -0.125.